The second kappa shape index (κ2) is 6.07. The van der Waals surface area contributed by atoms with Crippen molar-refractivity contribution in [2.75, 3.05) is 33.9 Å². The molecule has 2 rings (SSSR count). The molecule has 2 unspecified atom stereocenters. The molecule has 3 N–H and O–H groups in total. The van der Waals surface area contributed by atoms with Gasteiger partial charge in [0.2, 0.25) is 0 Å². The first-order chi connectivity index (χ1) is 8.80. The van der Waals surface area contributed by atoms with Crippen molar-refractivity contribution < 1.29 is 9.47 Å². The van der Waals surface area contributed by atoms with E-state index in [1.807, 2.05) is 6.07 Å². The van der Waals surface area contributed by atoms with Crippen molar-refractivity contribution in [2.24, 2.45) is 11.7 Å². The van der Waals surface area contributed by atoms with Crippen LogP contribution >= 0.6 is 0 Å². The van der Waals surface area contributed by atoms with Crippen molar-refractivity contribution in [3.05, 3.63) is 23.8 Å². The summed E-state index contributed by atoms with van der Waals surface area (Å²) in [5, 5.41) is 3.44. The summed E-state index contributed by atoms with van der Waals surface area (Å²) < 4.78 is 10.6. The number of hydrogen-bond donors (Lipinski definition) is 2. The second-order valence-corrected chi connectivity index (χ2v) is 4.71. The Morgan fingerprint density at radius 1 is 1.28 bits per heavy atom. The molecule has 0 spiro atoms. The lowest BCUT2D eigenvalue weighted by Crippen LogP contribution is -2.38. The zero-order valence-electron chi connectivity index (χ0n) is 11.1. The summed E-state index contributed by atoms with van der Waals surface area (Å²) in [7, 11) is 3.32. The van der Waals surface area contributed by atoms with Gasteiger partial charge in [0.15, 0.2) is 11.5 Å². The lowest BCUT2D eigenvalue weighted by atomic mass is 9.81. The maximum absolute atomic E-state index is 5.87. The maximum atomic E-state index is 5.87. The Morgan fingerprint density at radius 2 is 2.06 bits per heavy atom. The summed E-state index contributed by atoms with van der Waals surface area (Å²) in [6, 6.07) is 6.15. The number of ether oxygens (including phenoxy) is 2. The second-order valence-electron chi connectivity index (χ2n) is 4.71. The Labute approximate surface area is 108 Å². The van der Waals surface area contributed by atoms with Gasteiger partial charge in [0.1, 0.15) is 0 Å². The van der Waals surface area contributed by atoms with Gasteiger partial charge in [-0.1, -0.05) is 6.07 Å². The lowest BCUT2D eigenvalue weighted by Gasteiger charge is -2.32. The fourth-order valence-electron chi connectivity index (χ4n) is 2.67. The molecule has 2 atom stereocenters. The minimum Gasteiger partial charge on any atom is -0.493 e. The third-order valence-corrected chi connectivity index (χ3v) is 3.76. The van der Waals surface area contributed by atoms with E-state index in [0.29, 0.717) is 11.8 Å². The highest BCUT2D eigenvalue weighted by Gasteiger charge is 2.25. The molecule has 0 aliphatic carbocycles. The van der Waals surface area contributed by atoms with Gasteiger partial charge in [0, 0.05) is 12.5 Å². The molecule has 0 saturated carbocycles. The fraction of sp³-hybridized carbons (Fsp3) is 0.571. The Hall–Kier alpha value is -1.26. The van der Waals surface area contributed by atoms with E-state index in [9.17, 15) is 0 Å². The van der Waals surface area contributed by atoms with Crippen LogP contribution in [0.15, 0.2) is 18.2 Å². The standard InChI is InChI=1S/C14H22N2O2/c1-17-13-4-3-10(7-14(13)18-2)12-9-16-6-5-11(12)8-15/h3-4,7,11-12,16H,5-6,8-9,15H2,1-2H3. The molecule has 1 aliphatic rings. The highest BCUT2D eigenvalue weighted by Crippen LogP contribution is 2.34. The SMILES string of the molecule is COc1ccc(C2CNCCC2CN)cc1OC. The number of benzene rings is 1. The maximum Gasteiger partial charge on any atom is 0.160 e. The summed E-state index contributed by atoms with van der Waals surface area (Å²) in [5.74, 6) is 2.57. The Kier molecular flexibility index (Phi) is 4.44. The van der Waals surface area contributed by atoms with E-state index in [0.717, 1.165) is 37.6 Å². The number of nitrogens with two attached hydrogens (primary N) is 1. The molecule has 1 aromatic carbocycles. The molecule has 1 heterocycles. The van der Waals surface area contributed by atoms with Crippen molar-refractivity contribution in [3.8, 4) is 11.5 Å². The van der Waals surface area contributed by atoms with Gasteiger partial charge in [-0.15, -0.1) is 0 Å². The predicted octanol–water partition coefficient (Wildman–Crippen LogP) is 1.36. The largest absolute Gasteiger partial charge is 0.493 e. The molecule has 18 heavy (non-hydrogen) atoms. The molecule has 0 bridgehead atoms. The average Bonchev–Trinajstić information content (AvgIpc) is 2.46. The molecule has 0 aromatic heterocycles. The van der Waals surface area contributed by atoms with Gasteiger partial charge in [0.05, 0.1) is 14.2 Å². The van der Waals surface area contributed by atoms with Crippen LogP contribution in [0.2, 0.25) is 0 Å². The van der Waals surface area contributed by atoms with Crippen molar-refractivity contribution in [2.45, 2.75) is 12.3 Å². The smallest absolute Gasteiger partial charge is 0.160 e. The van der Waals surface area contributed by atoms with Gasteiger partial charge in [-0.25, -0.2) is 0 Å². The van der Waals surface area contributed by atoms with E-state index >= 15 is 0 Å². The van der Waals surface area contributed by atoms with Crippen LogP contribution in [0.4, 0.5) is 0 Å². The van der Waals surface area contributed by atoms with E-state index in [4.69, 9.17) is 15.2 Å². The first-order valence-corrected chi connectivity index (χ1v) is 6.42. The number of methoxy groups -OCH3 is 2. The Morgan fingerprint density at radius 3 is 2.72 bits per heavy atom. The van der Waals surface area contributed by atoms with Gasteiger partial charge < -0.3 is 20.5 Å². The Bertz CT molecular complexity index is 395. The van der Waals surface area contributed by atoms with Crippen LogP contribution in [0, 0.1) is 5.92 Å². The van der Waals surface area contributed by atoms with E-state index in [-0.39, 0.29) is 0 Å². The fourth-order valence-corrected chi connectivity index (χ4v) is 2.67. The number of nitrogens with one attached hydrogen (secondary N) is 1. The van der Waals surface area contributed by atoms with Crippen molar-refractivity contribution in [1.82, 2.24) is 5.32 Å². The molecule has 0 radical (unpaired) electrons. The normalized spacial score (nSPS) is 23.7. The summed E-state index contributed by atoms with van der Waals surface area (Å²) in [5.41, 5.74) is 7.15. The van der Waals surface area contributed by atoms with E-state index in [1.165, 1.54) is 5.56 Å². The molecule has 1 fully saturated rings. The Balaban J connectivity index is 2.26. The van der Waals surface area contributed by atoms with Crippen LogP contribution in [-0.4, -0.2) is 33.9 Å². The minimum absolute atomic E-state index is 0.462. The van der Waals surface area contributed by atoms with Gasteiger partial charge in [-0.2, -0.15) is 0 Å². The molecule has 100 valence electrons. The third-order valence-electron chi connectivity index (χ3n) is 3.76. The monoisotopic (exact) mass is 250 g/mol. The molecule has 4 heteroatoms. The van der Waals surface area contributed by atoms with Crippen LogP contribution in [-0.2, 0) is 0 Å². The topological polar surface area (TPSA) is 56.5 Å². The highest BCUT2D eigenvalue weighted by molar-refractivity contribution is 5.44. The zero-order valence-corrected chi connectivity index (χ0v) is 11.1. The first-order valence-electron chi connectivity index (χ1n) is 6.42. The summed E-state index contributed by atoms with van der Waals surface area (Å²) in [6.07, 6.45) is 1.13. The first kappa shape index (κ1) is 13.2. The quantitative estimate of drug-likeness (QED) is 0.847. The molecular formula is C14H22N2O2. The summed E-state index contributed by atoms with van der Waals surface area (Å²) in [6.45, 7) is 2.78. The van der Waals surface area contributed by atoms with Gasteiger partial charge in [-0.05, 0) is 43.1 Å². The van der Waals surface area contributed by atoms with Crippen LogP contribution in [0.25, 0.3) is 0 Å². The van der Waals surface area contributed by atoms with E-state index < -0.39 is 0 Å². The van der Waals surface area contributed by atoms with E-state index in [2.05, 4.69) is 17.4 Å². The number of piperidine rings is 1. The van der Waals surface area contributed by atoms with Crippen LogP contribution in [0.1, 0.15) is 17.9 Å². The molecule has 1 aromatic rings. The van der Waals surface area contributed by atoms with Crippen molar-refractivity contribution >= 4 is 0 Å². The van der Waals surface area contributed by atoms with Crippen molar-refractivity contribution in [3.63, 3.8) is 0 Å². The van der Waals surface area contributed by atoms with Crippen LogP contribution < -0.4 is 20.5 Å². The molecule has 4 nitrogen and oxygen atoms in total. The molecule has 1 aliphatic heterocycles. The molecule has 1 saturated heterocycles. The van der Waals surface area contributed by atoms with E-state index in [1.54, 1.807) is 14.2 Å². The predicted molar refractivity (Wildman–Crippen MR) is 72.3 cm³/mol. The van der Waals surface area contributed by atoms with Crippen LogP contribution in [0.5, 0.6) is 11.5 Å². The lowest BCUT2D eigenvalue weighted by molar-refractivity contribution is 0.326. The summed E-state index contributed by atoms with van der Waals surface area (Å²) >= 11 is 0. The van der Waals surface area contributed by atoms with Gasteiger partial charge in [-0.3, -0.25) is 0 Å². The summed E-state index contributed by atoms with van der Waals surface area (Å²) in [4.78, 5) is 0. The average molecular weight is 250 g/mol. The zero-order chi connectivity index (χ0) is 13.0. The van der Waals surface area contributed by atoms with Crippen molar-refractivity contribution in [1.29, 1.82) is 0 Å². The third kappa shape index (κ3) is 2.60. The number of hydrogen-bond acceptors (Lipinski definition) is 4. The van der Waals surface area contributed by atoms with Gasteiger partial charge >= 0.3 is 0 Å². The minimum atomic E-state index is 0.462. The molecular weight excluding hydrogens is 228 g/mol. The molecule has 0 amide bonds. The highest BCUT2D eigenvalue weighted by atomic mass is 16.5. The van der Waals surface area contributed by atoms with Crippen LogP contribution in [0.3, 0.4) is 0 Å². The van der Waals surface area contributed by atoms with Gasteiger partial charge in [0.25, 0.3) is 0 Å². The number of rotatable bonds is 4.